The van der Waals surface area contributed by atoms with Gasteiger partial charge in [0.05, 0.1) is 6.10 Å². The van der Waals surface area contributed by atoms with E-state index in [1.165, 1.54) is 11.1 Å². The number of hydrogen-bond acceptors (Lipinski definition) is 1. The van der Waals surface area contributed by atoms with Crippen LogP contribution >= 0.6 is 0 Å². The second-order valence-electron chi connectivity index (χ2n) is 6.79. The summed E-state index contributed by atoms with van der Waals surface area (Å²) >= 11 is 0. The smallest absolute Gasteiger partial charge is 0.0829 e. The van der Waals surface area contributed by atoms with Gasteiger partial charge < -0.3 is 5.11 Å². The lowest BCUT2D eigenvalue weighted by Gasteiger charge is -2.15. The summed E-state index contributed by atoms with van der Waals surface area (Å²) in [7, 11) is 0. The normalized spacial score (nSPS) is 23.5. The van der Waals surface area contributed by atoms with Crippen LogP contribution < -0.4 is 0 Å². The molecule has 0 spiro atoms. The van der Waals surface area contributed by atoms with Crippen molar-refractivity contribution >= 4 is 0 Å². The molecule has 1 heteroatoms. The maximum atomic E-state index is 10.6. The van der Waals surface area contributed by atoms with E-state index in [0.29, 0.717) is 5.92 Å². The number of hydrogen-bond donors (Lipinski definition) is 1. The summed E-state index contributed by atoms with van der Waals surface area (Å²) in [5.74, 6) is 0.358. The standard InChI is InChI=1S/C16H24O/c1-10-7-11(2)9-12(8-10)13(17)14-15(3,4)16(14,5)6/h7-9,13-14,17H,1-6H3. The second-order valence-corrected chi connectivity index (χ2v) is 6.79. The van der Waals surface area contributed by atoms with Crippen LogP contribution in [0.5, 0.6) is 0 Å². The molecule has 2 rings (SSSR count). The topological polar surface area (TPSA) is 20.2 Å². The molecule has 0 radical (unpaired) electrons. The fourth-order valence-corrected chi connectivity index (χ4v) is 3.41. The van der Waals surface area contributed by atoms with E-state index in [0.717, 1.165) is 5.56 Å². The molecule has 1 aliphatic carbocycles. The molecule has 0 bridgehead atoms. The van der Waals surface area contributed by atoms with Gasteiger partial charge in [0.25, 0.3) is 0 Å². The van der Waals surface area contributed by atoms with Crippen LogP contribution in [0.1, 0.15) is 50.5 Å². The maximum Gasteiger partial charge on any atom is 0.0829 e. The average Bonchev–Trinajstić information content (AvgIpc) is 2.54. The Morgan fingerprint density at radius 3 is 1.71 bits per heavy atom. The van der Waals surface area contributed by atoms with Gasteiger partial charge in [-0.2, -0.15) is 0 Å². The molecule has 17 heavy (non-hydrogen) atoms. The Morgan fingerprint density at radius 2 is 1.35 bits per heavy atom. The van der Waals surface area contributed by atoms with Gasteiger partial charge in [-0.25, -0.2) is 0 Å². The second kappa shape index (κ2) is 3.58. The summed E-state index contributed by atoms with van der Waals surface area (Å²) in [6.07, 6.45) is -0.335. The van der Waals surface area contributed by atoms with Crippen LogP contribution in [-0.2, 0) is 0 Å². The highest BCUT2D eigenvalue weighted by Gasteiger charge is 2.67. The van der Waals surface area contributed by atoms with Gasteiger partial charge in [0.1, 0.15) is 0 Å². The molecule has 1 fully saturated rings. The van der Waals surface area contributed by atoms with Crippen LogP contribution in [0.3, 0.4) is 0 Å². The molecular formula is C16H24O. The average molecular weight is 232 g/mol. The Morgan fingerprint density at radius 1 is 0.941 bits per heavy atom. The lowest BCUT2D eigenvalue weighted by atomic mass is 9.96. The third-order valence-electron chi connectivity index (χ3n) is 5.03. The summed E-state index contributed by atoms with van der Waals surface area (Å²) in [5, 5.41) is 10.6. The highest BCUT2D eigenvalue weighted by Crippen LogP contribution is 2.72. The van der Waals surface area contributed by atoms with Gasteiger partial charge in [-0.15, -0.1) is 0 Å². The molecule has 1 unspecified atom stereocenters. The molecule has 1 N–H and O–H groups in total. The number of benzene rings is 1. The van der Waals surface area contributed by atoms with Crippen LogP contribution in [0.15, 0.2) is 18.2 Å². The van der Waals surface area contributed by atoms with Gasteiger partial charge >= 0.3 is 0 Å². The first-order valence-electron chi connectivity index (χ1n) is 6.44. The van der Waals surface area contributed by atoms with Crippen molar-refractivity contribution in [3.8, 4) is 0 Å². The molecule has 94 valence electrons. The Hall–Kier alpha value is -0.820. The maximum absolute atomic E-state index is 10.6. The summed E-state index contributed by atoms with van der Waals surface area (Å²) < 4.78 is 0. The van der Waals surface area contributed by atoms with Crippen LogP contribution in [0.25, 0.3) is 0 Å². The zero-order valence-corrected chi connectivity index (χ0v) is 11.8. The van der Waals surface area contributed by atoms with Crippen molar-refractivity contribution in [2.45, 2.75) is 47.6 Å². The third kappa shape index (κ3) is 1.81. The van der Waals surface area contributed by atoms with E-state index in [-0.39, 0.29) is 16.9 Å². The monoisotopic (exact) mass is 232 g/mol. The van der Waals surface area contributed by atoms with Crippen molar-refractivity contribution < 1.29 is 5.11 Å². The van der Waals surface area contributed by atoms with Crippen molar-refractivity contribution in [2.75, 3.05) is 0 Å². The van der Waals surface area contributed by atoms with Crippen molar-refractivity contribution in [1.82, 2.24) is 0 Å². The van der Waals surface area contributed by atoms with E-state index < -0.39 is 0 Å². The summed E-state index contributed by atoms with van der Waals surface area (Å²) in [5.41, 5.74) is 3.99. The molecule has 1 aromatic rings. The summed E-state index contributed by atoms with van der Waals surface area (Å²) in [6, 6.07) is 6.38. The van der Waals surface area contributed by atoms with E-state index in [4.69, 9.17) is 0 Å². The molecule has 0 aliphatic heterocycles. The number of aliphatic hydroxyl groups is 1. The van der Waals surface area contributed by atoms with Gasteiger partial charge in [0.15, 0.2) is 0 Å². The Balaban J connectivity index is 2.31. The van der Waals surface area contributed by atoms with Crippen molar-refractivity contribution in [1.29, 1.82) is 0 Å². The Kier molecular flexibility index (Phi) is 2.66. The van der Waals surface area contributed by atoms with E-state index in [2.05, 4.69) is 59.7 Å². The Bertz CT molecular complexity index is 409. The molecule has 0 saturated heterocycles. The van der Waals surface area contributed by atoms with Gasteiger partial charge in [-0.05, 0) is 30.2 Å². The number of rotatable bonds is 2. The van der Waals surface area contributed by atoms with Crippen LogP contribution in [0.4, 0.5) is 0 Å². The minimum atomic E-state index is -0.335. The molecule has 1 saturated carbocycles. The van der Waals surface area contributed by atoms with E-state index in [1.807, 2.05) is 0 Å². The van der Waals surface area contributed by atoms with Gasteiger partial charge in [0, 0.05) is 5.92 Å². The first-order valence-corrected chi connectivity index (χ1v) is 6.44. The van der Waals surface area contributed by atoms with E-state index >= 15 is 0 Å². The first-order chi connectivity index (χ1) is 7.68. The van der Waals surface area contributed by atoms with Gasteiger partial charge in [-0.1, -0.05) is 57.0 Å². The van der Waals surface area contributed by atoms with E-state index in [9.17, 15) is 5.11 Å². The number of aliphatic hydroxyl groups excluding tert-OH is 1. The highest BCUT2D eigenvalue weighted by atomic mass is 16.3. The number of aryl methyl sites for hydroxylation is 2. The zero-order chi connectivity index (χ0) is 13.0. The molecular weight excluding hydrogens is 208 g/mol. The van der Waals surface area contributed by atoms with Crippen molar-refractivity contribution in [3.05, 3.63) is 34.9 Å². The molecule has 1 atom stereocenters. The lowest BCUT2D eigenvalue weighted by molar-refractivity contribution is 0.130. The molecule has 0 aromatic heterocycles. The van der Waals surface area contributed by atoms with Gasteiger partial charge in [-0.3, -0.25) is 0 Å². The fourth-order valence-electron chi connectivity index (χ4n) is 3.41. The molecule has 0 heterocycles. The molecule has 1 nitrogen and oxygen atoms in total. The summed E-state index contributed by atoms with van der Waals surface area (Å²) in [6.45, 7) is 13.2. The van der Waals surface area contributed by atoms with Crippen LogP contribution in [0.2, 0.25) is 0 Å². The SMILES string of the molecule is Cc1cc(C)cc(C(O)C2C(C)(C)C2(C)C)c1. The third-order valence-corrected chi connectivity index (χ3v) is 5.03. The lowest BCUT2D eigenvalue weighted by Crippen LogP contribution is -2.06. The van der Waals surface area contributed by atoms with Crippen LogP contribution in [-0.4, -0.2) is 5.11 Å². The van der Waals surface area contributed by atoms with Crippen LogP contribution in [0, 0.1) is 30.6 Å². The minimum Gasteiger partial charge on any atom is -0.388 e. The molecule has 0 amide bonds. The van der Waals surface area contributed by atoms with Crippen molar-refractivity contribution in [3.63, 3.8) is 0 Å². The molecule has 1 aliphatic rings. The van der Waals surface area contributed by atoms with Gasteiger partial charge in [0.2, 0.25) is 0 Å². The fraction of sp³-hybridized carbons (Fsp3) is 0.625. The first kappa shape index (κ1) is 12.6. The zero-order valence-electron chi connectivity index (χ0n) is 11.8. The van der Waals surface area contributed by atoms with Crippen molar-refractivity contribution in [2.24, 2.45) is 16.7 Å². The highest BCUT2D eigenvalue weighted by molar-refractivity contribution is 5.32. The largest absolute Gasteiger partial charge is 0.388 e. The van der Waals surface area contributed by atoms with E-state index in [1.54, 1.807) is 0 Å². The molecule has 1 aromatic carbocycles. The predicted molar refractivity (Wildman–Crippen MR) is 71.9 cm³/mol. The Labute approximate surface area is 105 Å². The predicted octanol–water partition coefficient (Wildman–Crippen LogP) is 4.02. The summed E-state index contributed by atoms with van der Waals surface area (Å²) in [4.78, 5) is 0. The minimum absolute atomic E-state index is 0.226. The quantitative estimate of drug-likeness (QED) is 0.816.